The standard InChI is InChI=1S/C21H23N5O/c1-13-9-14(2)11-19(10-13)24-20-12-15(3)22-21(26-20)25-18-7-5-17(6-8-18)23-16(4)27/h5-12H,1-4H3,(H,23,27)(H2,22,24,25,26). The second-order valence-electron chi connectivity index (χ2n) is 6.60. The van der Waals surface area contributed by atoms with Gasteiger partial charge >= 0.3 is 0 Å². The van der Waals surface area contributed by atoms with E-state index >= 15 is 0 Å². The molecule has 3 aromatic rings. The number of hydrogen-bond donors (Lipinski definition) is 3. The van der Waals surface area contributed by atoms with Gasteiger partial charge in [-0.15, -0.1) is 0 Å². The first kappa shape index (κ1) is 18.4. The summed E-state index contributed by atoms with van der Waals surface area (Å²) in [6.07, 6.45) is 0. The summed E-state index contributed by atoms with van der Waals surface area (Å²) in [5.74, 6) is 1.14. The summed E-state index contributed by atoms with van der Waals surface area (Å²) in [5, 5.41) is 9.29. The van der Waals surface area contributed by atoms with E-state index in [-0.39, 0.29) is 5.91 Å². The summed E-state index contributed by atoms with van der Waals surface area (Å²) >= 11 is 0. The summed E-state index contributed by atoms with van der Waals surface area (Å²) in [6.45, 7) is 7.55. The number of hydrogen-bond acceptors (Lipinski definition) is 5. The van der Waals surface area contributed by atoms with E-state index in [2.05, 4.69) is 58.0 Å². The lowest BCUT2D eigenvalue weighted by Crippen LogP contribution is -2.06. The van der Waals surface area contributed by atoms with Crippen molar-refractivity contribution in [2.75, 3.05) is 16.0 Å². The zero-order valence-electron chi connectivity index (χ0n) is 15.9. The fourth-order valence-corrected chi connectivity index (χ4v) is 2.85. The highest BCUT2D eigenvalue weighted by atomic mass is 16.1. The Labute approximate surface area is 159 Å². The molecule has 0 saturated carbocycles. The average molecular weight is 361 g/mol. The summed E-state index contributed by atoms with van der Waals surface area (Å²) in [5.41, 5.74) is 5.83. The van der Waals surface area contributed by atoms with E-state index in [9.17, 15) is 4.79 Å². The van der Waals surface area contributed by atoms with Crippen molar-refractivity contribution in [3.63, 3.8) is 0 Å². The van der Waals surface area contributed by atoms with E-state index in [1.54, 1.807) is 0 Å². The minimum Gasteiger partial charge on any atom is -0.340 e. The number of anilines is 5. The molecule has 0 aliphatic rings. The zero-order valence-corrected chi connectivity index (χ0v) is 15.9. The minimum absolute atomic E-state index is 0.0974. The molecule has 138 valence electrons. The Balaban J connectivity index is 1.77. The van der Waals surface area contributed by atoms with Crippen molar-refractivity contribution in [1.82, 2.24) is 9.97 Å². The van der Waals surface area contributed by atoms with Gasteiger partial charge in [-0.2, -0.15) is 4.98 Å². The molecule has 0 atom stereocenters. The highest BCUT2D eigenvalue weighted by molar-refractivity contribution is 5.88. The quantitative estimate of drug-likeness (QED) is 0.605. The number of carbonyl (C=O) groups excluding carboxylic acids is 1. The predicted molar refractivity (Wildman–Crippen MR) is 110 cm³/mol. The summed E-state index contributed by atoms with van der Waals surface area (Å²) in [4.78, 5) is 20.1. The number of nitrogens with zero attached hydrogens (tertiary/aromatic N) is 2. The number of rotatable bonds is 5. The molecule has 0 spiro atoms. The fraction of sp³-hybridized carbons (Fsp3) is 0.190. The Kier molecular flexibility index (Phi) is 5.35. The molecule has 1 heterocycles. The van der Waals surface area contributed by atoms with Crippen LogP contribution in [0.15, 0.2) is 48.5 Å². The molecular formula is C21H23N5O. The van der Waals surface area contributed by atoms with Crippen LogP contribution in [0.4, 0.5) is 28.8 Å². The molecule has 0 bridgehead atoms. The topological polar surface area (TPSA) is 78.9 Å². The zero-order chi connectivity index (χ0) is 19.4. The normalized spacial score (nSPS) is 10.4. The van der Waals surface area contributed by atoms with Crippen molar-refractivity contribution >= 4 is 34.7 Å². The maximum absolute atomic E-state index is 11.1. The predicted octanol–water partition coefficient (Wildman–Crippen LogP) is 4.85. The number of amides is 1. The van der Waals surface area contributed by atoms with Gasteiger partial charge in [0.15, 0.2) is 0 Å². The third-order valence-corrected chi connectivity index (χ3v) is 3.81. The fourth-order valence-electron chi connectivity index (χ4n) is 2.85. The van der Waals surface area contributed by atoms with Gasteiger partial charge in [-0.05, 0) is 68.3 Å². The van der Waals surface area contributed by atoms with Gasteiger partial charge in [0.25, 0.3) is 0 Å². The van der Waals surface area contributed by atoms with Gasteiger partial charge in [0, 0.05) is 35.7 Å². The maximum atomic E-state index is 11.1. The second-order valence-corrected chi connectivity index (χ2v) is 6.60. The lowest BCUT2D eigenvalue weighted by molar-refractivity contribution is -0.114. The molecule has 0 aliphatic heterocycles. The van der Waals surface area contributed by atoms with E-state index in [4.69, 9.17) is 0 Å². The minimum atomic E-state index is -0.0974. The maximum Gasteiger partial charge on any atom is 0.229 e. The summed E-state index contributed by atoms with van der Waals surface area (Å²) < 4.78 is 0. The Morgan fingerprint density at radius 3 is 2.04 bits per heavy atom. The van der Waals surface area contributed by atoms with Crippen molar-refractivity contribution in [3.8, 4) is 0 Å². The average Bonchev–Trinajstić information content (AvgIpc) is 2.54. The summed E-state index contributed by atoms with van der Waals surface area (Å²) in [7, 11) is 0. The Morgan fingerprint density at radius 2 is 1.41 bits per heavy atom. The number of aryl methyl sites for hydroxylation is 3. The molecule has 3 N–H and O–H groups in total. The van der Waals surface area contributed by atoms with Gasteiger partial charge in [-0.1, -0.05) is 6.07 Å². The third kappa shape index (κ3) is 5.28. The van der Waals surface area contributed by atoms with Crippen LogP contribution >= 0.6 is 0 Å². The van der Waals surface area contributed by atoms with Crippen LogP contribution in [0.1, 0.15) is 23.7 Å². The van der Waals surface area contributed by atoms with Crippen LogP contribution in [0, 0.1) is 20.8 Å². The van der Waals surface area contributed by atoms with E-state index in [0.717, 1.165) is 28.6 Å². The van der Waals surface area contributed by atoms with Crippen molar-refractivity contribution in [3.05, 3.63) is 65.4 Å². The Morgan fingerprint density at radius 1 is 0.778 bits per heavy atom. The van der Waals surface area contributed by atoms with E-state index in [1.165, 1.54) is 18.1 Å². The van der Waals surface area contributed by atoms with Crippen molar-refractivity contribution in [1.29, 1.82) is 0 Å². The molecule has 0 aliphatic carbocycles. The Hall–Kier alpha value is -3.41. The van der Waals surface area contributed by atoms with Crippen molar-refractivity contribution < 1.29 is 4.79 Å². The molecule has 6 nitrogen and oxygen atoms in total. The van der Waals surface area contributed by atoms with Gasteiger partial charge in [-0.25, -0.2) is 4.98 Å². The van der Waals surface area contributed by atoms with Gasteiger partial charge in [0.1, 0.15) is 5.82 Å². The molecule has 6 heteroatoms. The molecule has 0 saturated heterocycles. The van der Waals surface area contributed by atoms with E-state index in [0.29, 0.717) is 5.95 Å². The van der Waals surface area contributed by atoms with Crippen molar-refractivity contribution in [2.24, 2.45) is 0 Å². The number of nitrogens with one attached hydrogen (secondary N) is 3. The van der Waals surface area contributed by atoms with Crippen molar-refractivity contribution in [2.45, 2.75) is 27.7 Å². The molecule has 2 aromatic carbocycles. The monoisotopic (exact) mass is 361 g/mol. The molecule has 0 unspecified atom stereocenters. The molecule has 27 heavy (non-hydrogen) atoms. The Bertz CT molecular complexity index is 947. The first-order valence-corrected chi connectivity index (χ1v) is 8.73. The largest absolute Gasteiger partial charge is 0.340 e. The number of benzene rings is 2. The lowest BCUT2D eigenvalue weighted by atomic mass is 10.1. The second kappa shape index (κ2) is 7.86. The summed E-state index contributed by atoms with van der Waals surface area (Å²) in [6, 6.07) is 15.6. The van der Waals surface area contributed by atoms with E-state index < -0.39 is 0 Å². The first-order valence-electron chi connectivity index (χ1n) is 8.73. The molecule has 3 rings (SSSR count). The van der Waals surface area contributed by atoms with Crippen LogP contribution in [0.2, 0.25) is 0 Å². The highest BCUT2D eigenvalue weighted by Gasteiger charge is 2.05. The van der Waals surface area contributed by atoms with Crippen LogP contribution in [0.5, 0.6) is 0 Å². The lowest BCUT2D eigenvalue weighted by Gasteiger charge is -2.11. The molecule has 1 amide bonds. The van der Waals surface area contributed by atoms with Crippen LogP contribution in [0.3, 0.4) is 0 Å². The molecule has 1 aromatic heterocycles. The molecule has 0 radical (unpaired) electrons. The highest BCUT2D eigenvalue weighted by Crippen LogP contribution is 2.22. The van der Waals surface area contributed by atoms with Crippen LogP contribution in [0.25, 0.3) is 0 Å². The van der Waals surface area contributed by atoms with E-state index in [1.807, 2.05) is 37.3 Å². The first-order chi connectivity index (χ1) is 12.9. The van der Waals surface area contributed by atoms with Gasteiger partial charge in [0.2, 0.25) is 11.9 Å². The van der Waals surface area contributed by atoms with Gasteiger partial charge < -0.3 is 16.0 Å². The number of aromatic nitrogens is 2. The smallest absolute Gasteiger partial charge is 0.229 e. The van der Waals surface area contributed by atoms with Gasteiger partial charge in [0.05, 0.1) is 0 Å². The third-order valence-electron chi connectivity index (χ3n) is 3.81. The van der Waals surface area contributed by atoms with Crippen LogP contribution in [-0.2, 0) is 4.79 Å². The van der Waals surface area contributed by atoms with Crippen LogP contribution < -0.4 is 16.0 Å². The SMILES string of the molecule is CC(=O)Nc1ccc(Nc2nc(C)cc(Nc3cc(C)cc(C)c3)n2)cc1. The molecule has 0 fully saturated rings. The van der Waals surface area contributed by atoms with Crippen LogP contribution in [-0.4, -0.2) is 15.9 Å². The number of carbonyl (C=O) groups is 1. The van der Waals surface area contributed by atoms with Gasteiger partial charge in [-0.3, -0.25) is 4.79 Å². The molecular weight excluding hydrogens is 338 g/mol.